The number of hydrogen-bond donors (Lipinski definition) is 3. The SMILES string of the molecule is N#CCC(O)C(O)c1[nH]nc2ncccc12. The lowest BCUT2D eigenvalue weighted by molar-refractivity contribution is 0.0198. The molecule has 0 aliphatic heterocycles. The molecular weight excluding hydrogens is 208 g/mol. The molecule has 2 atom stereocenters. The summed E-state index contributed by atoms with van der Waals surface area (Å²) in [4.78, 5) is 3.99. The van der Waals surface area contributed by atoms with Crippen LogP contribution in [0.2, 0.25) is 0 Å². The van der Waals surface area contributed by atoms with Crippen molar-refractivity contribution in [2.45, 2.75) is 18.6 Å². The number of fused-ring (bicyclic) bond motifs is 1. The van der Waals surface area contributed by atoms with Gasteiger partial charge >= 0.3 is 0 Å². The van der Waals surface area contributed by atoms with Gasteiger partial charge < -0.3 is 10.2 Å². The van der Waals surface area contributed by atoms with Crippen LogP contribution < -0.4 is 0 Å². The number of hydrogen-bond acceptors (Lipinski definition) is 5. The van der Waals surface area contributed by atoms with Crippen molar-refractivity contribution in [1.82, 2.24) is 15.2 Å². The molecule has 6 heteroatoms. The summed E-state index contributed by atoms with van der Waals surface area (Å²) in [6, 6.07) is 5.25. The maximum absolute atomic E-state index is 9.81. The molecule has 0 bridgehead atoms. The maximum atomic E-state index is 9.81. The molecule has 2 heterocycles. The van der Waals surface area contributed by atoms with Crippen molar-refractivity contribution in [3.05, 3.63) is 24.0 Å². The molecule has 0 saturated heterocycles. The highest BCUT2D eigenvalue weighted by Crippen LogP contribution is 2.23. The summed E-state index contributed by atoms with van der Waals surface area (Å²) in [5, 5.41) is 34.9. The first kappa shape index (κ1) is 10.5. The average Bonchev–Trinajstić information content (AvgIpc) is 2.72. The first-order chi connectivity index (χ1) is 7.74. The minimum Gasteiger partial charge on any atom is -0.389 e. The smallest absolute Gasteiger partial charge is 0.181 e. The Labute approximate surface area is 91.2 Å². The van der Waals surface area contributed by atoms with Crippen molar-refractivity contribution in [3.63, 3.8) is 0 Å². The average molecular weight is 218 g/mol. The number of aromatic nitrogens is 3. The molecule has 3 N–H and O–H groups in total. The number of pyridine rings is 1. The Morgan fingerprint density at radius 1 is 1.50 bits per heavy atom. The van der Waals surface area contributed by atoms with Crippen molar-refractivity contribution in [1.29, 1.82) is 5.26 Å². The second-order valence-electron chi connectivity index (χ2n) is 3.39. The second-order valence-corrected chi connectivity index (χ2v) is 3.39. The van der Waals surface area contributed by atoms with Gasteiger partial charge in [-0.15, -0.1) is 0 Å². The predicted octanol–water partition coefficient (Wildman–Crippen LogP) is 0.266. The van der Waals surface area contributed by atoms with Crippen molar-refractivity contribution < 1.29 is 10.2 Å². The molecule has 2 rings (SSSR count). The van der Waals surface area contributed by atoms with Crippen LogP contribution >= 0.6 is 0 Å². The molecule has 82 valence electrons. The molecule has 2 aromatic heterocycles. The Kier molecular flexibility index (Phi) is 2.81. The van der Waals surface area contributed by atoms with E-state index in [0.717, 1.165) is 0 Å². The standard InChI is InChI=1S/C10H10N4O2/c11-4-3-7(15)9(16)8-6-2-1-5-12-10(6)14-13-8/h1-2,5,7,9,15-16H,3H2,(H,12,13,14). The van der Waals surface area contributed by atoms with Crippen LogP contribution in [0.5, 0.6) is 0 Å². The van der Waals surface area contributed by atoms with E-state index in [-0.39, 0.29) is 6.42 Å². The molecule has 0 spiro atoms. The lowest BCUT2D eigenvalue weighted by Gasteiger charge is -2.13. The molecule has 0 aromatic carbocycles. The maximum Gasteiger partial charge on any atom is 0.181 e. The summed E-state index contributed by atoms with van der Waals surface area (Å²) in [7, 11) is 0. The Morgan fingerprint density at radius 2 is 2.31 bits per heavy atom. The van der Waals surface area contributed by atoms with Crippen LogP contribution in [0.3, 0.4) is 0 Å². The molecule has 6 nitrogen and oxygen atoms in total. The van der Waals surface area contributed by atoms with E-state index in [9.17, 15) is 10.2 Å². The Bertz CT molecular complexity index is 531. The number of H-pyrrole nitrogens is 1. The third-order valence-electron chi connectivity index (χ3n) is 2.32. The van der Waals surface area contributed by atoms with E-state index in [2.05, 4.69) is 15.2 Å². The highest BCUT2D eigenvalue weighted by atomic mass is 16.3. The van der Waals surface area contributed by atoms with Crippen LogP contribution in [0.25, 0.3) is 11.0 Å². The summed E-state index contributed by atoms with van der Waals surface area (Å²) < 4.78 is 0. The highest BCUT2D eigenvalue weighted by molar-refractivity contribution is 5.77. The van der Waals surface area contributed by atoms with Crippen molar-refractivity contribution in [3.8, 4) is 6.07 Å². The normalized spacial score (nSPS) is 14.6. The zero-order chi connectivity index (χ0) is 11.5. The fourth-order valence-electron chi connectivity index (χ4n) is 1.49. The highest BCUT2D eigenvalue weighted by Gasteiger charge is 2.22. The largest absolute Gasteiger partial charge is 0.389 e. The van der Waals surface area contributed by atoms with Crippen LogP contribution in [0.1, 0.15) is 18.2 Å². The second kappa shape index (κ2) is 4.26. The monoisotopic (exact) mass is 218 g/mol. The molecule has 0 aliphatic rings. The van der Waals surface area contributed by atoms with Gasteiger partial charge in [0.1, 0.15) is 6.10 Å². The van der Waals surface area contributed by atoms with E-state index in [0.29, 0.717) is 16.7 Å². The predicted molar refractivity (Wildman–Crippen MR) is 55.1 cm³/mol. The van der Waals surface area contributed by atoms with E-state index in [1.807, 2.05) is 0 Å². The van der Waals surface area contributed by atoms with Crippen molar-refractivity contribution in [2.75, 3.05) is 0 Å². The number of rotatable bonds is 3. The molecule has 2 aromatic rings. The topological polar surface area (TPSA) is 106 Å². The molecule has 2 unspecified atom stereocenters. The molecule has 0 amide bonds. The lowest BCUT2D eigenvalue weighted by atomic mass is 10.1. The summed E-state index contributed by atoms with van der Waals surface area (Å²) in [5.41, 5.74) is 0.853. The number of aliphatic hydroxyl groups is 2. The lowest BCUT2D eigenvalue weighted by Crippen LogP contribution is -2.18. The summed E-state index contributed by atoms with van der Waals surface area (Å²) >= 11 is 0. The van der Waals surface area contributed by atoms with Crippen LogP contribution in [-0.2, 0) is 0 Å². The number of aromatic amines is 1. The third kappa shape index (κ3) is 1.74. The Hall–Kier alpha value is -1.97. The Morgan fingerprint density at radius 3 is 3.06 bits per heavy atom. The van der Waals surface area contributed by atoms with Gasteiger partial charge in [0.25, 0.3) is 0 Å². The minimum atomic E-state index is -1.16. The van der Waals surface area contributed by atoms with Crippen LogP contribution in [-0.4, -0.2) is 31.5 Å². The van der Waals surface area contributed by atoms with Gasteiger partial charge in [0.05, 0.1) is 24.3 Å². The third-order valence-corrected chi connectivity index (χ3v) is 2.32. The van der Waals surface area contributed by atoms with Crippen molar-refractivity contribution in [2.24, 2.45) is 0 Å². The van der Waals surface area contributed by atoms with Crippen LogP contribution in [0.15, 0.2) is 18.3 Å². The first-order valence-electron chi connectivity index (χ1n) is 4.76. The van der Waals surface area contributed by atoms with Crippen LogP contribution in [0.4, 0.5) is 0 Å². The zero-order valence-corrected chi connectivity index (χ0v) is 8.33. The van der Waals surface area contributed by atoms with Crippen molar-refractivity contribution >= 4 is 11.0 Å². The van der Waals surface area contributed by atoms with E-state index in [4.69, 9.17) is 5.26 Å². The van der Waals surface area contributed by atoms with E-state index >= 15 is 0 Å². The van der Waals surface area contributed by atoms with E-state index < -0.39 is 12.2 Å². The molecular formula is C10H10N4O2. The fraction of sp³-hybridized carbons (Fsp3) is 0.300. The summed E-state index contributed by atoms with van der Waals surface area (Å²) in [6.07, 6.45) is -0.838. The van der Waals surface area contributed by atoms with Gasteiger partial charge in [-0.05, 0) is 12.1 Å². The molecule has 0 aliphatic carbocycles. The number of nitrogens with one attached hydrogen (secondary N) is 1. The van der Waals surface area contributed by atoms with Gasteiger partial charge in [-0.3, -0.25) is 5.10 Å². The number of nitrogens with zero attached hydrogens (tertiary/aromatic N) is 3. The van der Waals surface area contributed by atoms with Gasteiger partial charge in [-0.1, -0.05) is 0 Å². The van der Waals surface area contributed by atoms with Gasteiger partial charge in [0, 0.05) is 11.6 Å². The van der Waals surface area contributed by atoms with Gasteiger partial charge in [-0.25, -0.2) is 4.98 Å². The minimum absolute atomic E-state index is 0.137. The fourth-order valence-corrected chi connectivity index (χ4v) is 1.49. The first-order valence-corrected chi connectivity index (χ1v) is 4.76. The number of aliphatic hydroxyl groups excluding tert-OH is 2. The van der Waals surface area contributed by atoms with Crippen LogP contribution in [0, 0.1) is 11.3 Å². The molecule has 16 heavy (non-hydrogen) atoms. The zero-order valence-electron chi connectivity index (χ0n) is 8.33. The molecule has 0 saturated carbocycles. The quantitative estimate of drug-likeness (QED) is 0.685. The summed E-state index contributed by atoms with van der Waals surface area (Å²) in [5.74, 6) is 0. The summed E-state index contributed by atoms with van der Waals surface area (Å²) in [6.45, 7) is 0. The van der Waals surface area contributed by atoms with Gasteiger partial charge in [-0.2, -0.15) is 10.4 Å². The van der Waals surface area contributed by atoms with E-state index in [1.165, 1.54) is 0 Å². The van der Waals surface area contributed by atoms with Gasteiger partial charge in [0.15, 0.2) is 5.65 Å². The Balaban J connectivity index is 2.37. The number of nitriles is 1. The van der Waals surface area contributed by atoms with E-state index in [1.54, 1.807) is 24.4 Å². The molecule has 0 fully saturated rings. The molecule has 0 radical (unpaired) electrons. The van der Waals surface area contributed by atoms with Gasteiger partial charge in [0.2, 0.25) is 0 Å².